The number of nitrogens with one attached hydrogen (secondary N) is 1. The number of methoxy groups -OCH3 is 1. The number of benzene rings is 1. The Morgan fingerprint density at radius 1 is 1.21 bits per heavy atom. The van der Waals surface area contributed by atoms with Gasteiger partial charge >= 0.3 is 11.9 Å². The number of carbonyl (C=O) groups excluding carboxylic acids is 1. The number of rotatable bonds is 6. The van der Waals surface area contributed by atoms with Crippen molar-refractivity contribution in [2.45, 2.75) is 12.5 Å². The Kier molecular flexibility index (Phi) is 4.87. The maximum atomic E-state index is 11.7. The predicted octanol–water partition coefficient (Wildman–Crippen LogP) is 0.353. The lowest BCUT2D eigenvalue weighted by Gasteiger charge is -2.12. The number of hydrogen-bond acceptors (Lipinski definition) is 4. The number of ether oxygens (including phenoxy) is 1. The standard InChI is InChI=1S/C12H13NO6/c1-19-8-4-2-7(3-5-8)11(16)13-9(12(17)18)6-10(14)15/h2-5,9H,6H2,1H3,(H,13,16)(H,14,15)(H,17,18)/t9-/m1/s1. The Bertz CT molecular complexity index is 481. The number of amides is 1. The first-order chi connectivity index (χ1) is 8.93. The maximum absolute atomic E-state index is 11.7. The van der Waals surface area contributed by atoms with E-state index in [0.717, 1.165) is 0 Å². The first kappa shape index (κ1) is 14.5. The molecule has 1 aromatic carbocycles. The summed E-state index contributed by atoms with van der Waals surface area (Å²) in [5.74, 6) is -2.81. The molecule has 0 fully saturated rings. The molecule has 0 spiro atoms. The van der Waals surface area contributed by atoms with Gasteiger partial charge in [0.2, 0.25) is 0 Å². The summed E-state index contributed by atoms with van der Waals surface area (Å²) in [6.45, 7) is 0. The minimum atomic E-state index is -1.47. The fourth-order valence-electron chi connectivity index (χ4n) is 1.36. The van der Waals surface area contributed by atoms with E-state index in [1.165, 1.54) is 19.2 Å². The normalized spacial score (nSPS) is 11.4. The minimum absolute atomic E-state index is 0.220. The van der Waals surface area contributed by atoms with E-state index in [1.54, 1.807) is 12.1 Å². The molecule has 0 aliphatic rings. The third kappa shape index (κ3) is 4.30. The molecule has 102 valence electrons. The molecule has 0 unspecified atom stereocenters. The molecule has 3 N–H and O–H groups in total. The van der Waals surface area contributed by atoms with Gasteiger partial charge < -0.3 is 20.3 Å². The van der Waals surface area contributed by atoms with Crippen LogP contribution >= 0.6 is 0 Å². The van der Waals surface area contributed by atoms with E-state index in [9.17, 15) is 14.4 Å². The lowest BCUT2D eigenvalue weighted by molar-refractivity contribution is -0.145. The van der Waals surface area contributed by atoms with E-state index >= 15 is 0 Å². The molecule has 1 rings (SSSR count). The summed E-state index contributed by atoms with van der Waals surface area (Å²) in [6.07, 6.45) is -0.683. The fraction of sp³-hybridized carbons (Fsp3) is 0.250. The molecule has 19 heavy (non-hydrogen) atoms. The zero-order chi connectivity index (χ0) is 14.4. The Hall–Kier alpha value is -2.57. The van der Waals surface area contributed by atoms with Crippen LogP contribution in [0.5, 0.6) is 5.75 Å². The Morgan fingerprint density at radius 3 is 2.21 bits per heavy atom. The Labute approximate surface area is 108 Å². The average molecular weight is 267 g/mol. The van der Waals surface area contributed by atoms with Crippen molar-refractivity contribution in [2.24, 2.45) is 0 Å². The molecular weight excluding hydrogens is 254 g/mol. The van der Waals surface area contributed by atoms with E-state index in [-0.39, 0.29) is 5.56 Å². The summed E-state index contributed by atoms with van der Waals surface area (Å²) < 4.78 is 4.92. The molecule has 7 nitrogen and oxygen atoms in total. The van der Waals surface area contributed by atoms with Crippen molar-refractivity contribution in [1.29, 1.82) is 0 Å². The highest BCUT2D eigenvalue weighted by molar-refractivity contribution is 5.97. The van der Waals surface area contributed by atoms with Crippen LogP contribution in [0, 0.1) is 0 Å². The Balaban J connectivity index is 2.75. The minimum Gasteiger partial charge on any atom is -0.497 e. The Morgan fingerprint density at radius 2 is 1.79 bits per heavy atom. The molecule has 0 heterocycles. The van der Waals surface area contributed by atoms with Gasteiger partial charge in [0.1, 0.15) is 11.8 Å². The first-order valence-corrected chi connectivity index (χ1v) is 5.33. The molecule has 1 atom stereocenters. The van der Waals surface area contributed by atoms with Crippen LogP contribution in [0.15, 0.2) is 24.3 Å². The van der Waals surface area contributed by atoms with Gasteiger partial charge in [-0.15, -0.1) is 0 Å². The number of carboxylic acids is 2. The van der Waals surface area contributed by atoms with E-state index in [0.29, 0.717) is 5.75 Å². The summed E-state index contributed by atoms with van der Waals surface area (Å²) in [4.78, 5) is 33.0. The van der Waals surface area contributed by atoms with Crippen molar-refractivity contribution in [3.63, 3.8) is 0 Å². The molecule has 0 aliphatic carbocycles. The van der Waals surface area contributed by atoms with Gasteiger partial charge in [0.15, 0.2) is 0 Å². The van der Waals surface area contributed by atoms with Crippen LogP contribution in [0.25, 0.3) is 0 Å². The van der Waals surface area contributed by atoms with Gasteiger partial charge in [-0.25, -0.2) is 4.79 Å². The van der Waals surface area contributed by atoms with Crippen molar-refractivity contribution in [2.75, 3.05) is 7.11 Å². The topological polar surface area (TPSA) is 113 Å². The molecule has 1 amide bonds. The van der Waals surface area contributed by atoms with Crippen LogP contribution in [-0.2, 0) is 9.59 Å². The lowest BCUT2D eigenvalue weighted by Crippen LogP contribution is -2.42. The summed E-state index contributed by atoms with van der Waals surface area (Å²) in [6, 6.07) is 4.53. The predicted molar refractivity (Wildman–Crippen MR) is 64.1 cm³/mol. The van der Waals surface area contributed by atoms with Crippen LogP contribution in [0.1, 0.15) is 16.8 Å². The van der Waals surface area contributed by atoms with Gasteiger partial charge in [-0.2, -0.15) is 0 Å². The average Bonchev–Trinajstić information content (AvgIpc) is 2.37. The van der Waals surface area contributed by atoms with Crippen LogP contribution in [0.4, 0.5) is 0 Å². The second-order valence-electron chi connectivity index (χ2n) is 3.69. The van der Waals surface area contributed by atoms with Crippen molar-refractivity contribution < 1.29 is 29.3 Å². The third-order valence-corrected chi connectivity index (χ3v) is 2.33. The first-order valence-electron chi connectivity index (χ1n) is 5.33. The molecule has 0 saturated carbocycles. The van der Waals surface area contributed by atoms with Crippen LogP contribution in [0.2, 0.25) is 0 Å². The van der Waals surface area contributed by atoms with Gasteiger partial charge in [-0.1, -0.05) is 0 Å². The molecule has 0 bridgehead atoms. The monoisotopic (exact) mass is 267 g/mol. The second-order valence-corrected chi connectivity index (χ2v) is 3.69. The van der Waals surface area contributed by atoms with Crippen LogP contribution in [0.3, 0.4) is 0 Å². The van der Waals surface area contributed by atoms with E-state index in [4.69, 9.17) is 14.9 Å². The van der Waals surface area contributed by atoms with Crippen molar-refractivity contribution >= 4 is 17.8 Å². The highest BCUT2D eigenvalue weighted by Crippen LogP contribution is 2.11. The third-order valence-electron chi connectivity index (χ3n) is 2.33. The lowest BCUT2D eigenvalue weighted by atomic mass is 10.1. The van der Waals surface area contributed by atoms with Gasteiger partial charge in [0.05, 0.1) is 13.5 Å². The molecule has 1 aromatic rings. The summed E-state index contributed by atoms with van der Waals surface area (Å²) in [5, 5.41) is 19.5. The van der Waals surface area contributed by atoms with Crippen molar-refractivity contribution in [3.05, 3.63) is 29.8 Å². The fourth-order valence-corrected chi connectivity index (χ4v) is 1.36. The smallest absolute Gasteiger partial charge is 0.326 e. The molecular formula is C12H13NO6. The molecule has 7 heteroatoms. The van der Waals surface area contributed by atoms with E-state index < -0.39 is 30.3 Å². The second kappa shape index (κ2) is 6.39. The molecule has 0 radical (unpaired) electrons. The largest absolute Gasteiger partial charge is 0.497 e. The summed E-state index contributed by atoms with van der Waals surface area (Å²) >= 11 is 0. The van der Waals surface area contributed by atoms with E-state index in [1.807, 2.05) is 0 Å². The number of hydrogen-bond donors (Lipinski definition) is 3. The number of carbonyl (C=O) groups is 3. The van der Waals surface area contributed by atoms with Gasteiger partial charge in [-0.05, 0) is 24.3 Å². The molecule has 0 aliphatic heterocycles. The zero-order valence-corrected chi connectivity index (χ0v) is 10.1. The summed E-state index contributed by atoms with van der Waals surface area (Å²) in [5.41, 5.74) is 0.220. The van der Waals surface area contributed by atoms with Gasteiger partial charge in [0, 0.05) is 5.56 Å². The van der Waals surface area contributed by atoms with Gasteiger partial charge in [0.25, 0.3) is 5.91 Å². The summed E-state index contributed by atoms with van der Waals surface area (Å²) in [7, 11) is 1.47. The van der Waals surface area contributed by atoms with Gasteiger partial charge in [-0.3, -0.25) is 9.59 Å². The number of aliphatic carboxylic acids is 2. The van der Waals surface area contributed by atoms with E-state index in [2.05, 4.69) is 5.32 Å². The SMILES string of the molecule is COc1ccc(C(=O)N[C@H](CC(=O)O)C(=O)O)cc1. The van der Waals surface area contributed by atoms with Crippen molar-refractivity contribution in [3.8, 4) is 5.75 Å². The molecule has 0 saturated heterocycles. The zero-order valence-electron chi connectivity index (χ0n) is 10.1. The maximum Gasteiger partial charge on any atom is 0.326 e. The number of carboxylic acid groups (broad SMARTS) is 2. The van der Waals surface area contributed by atoms with Crippen LogP contribution in [-0.4, -0.2) is 41.2 Å². The highest BCUT2D eigenvalue weighted by Gasteiger charge is 2.23. The molecule has 0 aromatic heterocycles. The van der Waals surface area contributed by atoms with Crippen molar-refractivity contribution in [1.82, 2.24) is 5.32 Å². The van der Waals surface area contributed by atoms with Crippen LogP contribution < -0.4 is 10.1 Å². The quantitative estimate of drug-likeness (QED) is 0.685. The highest BCUT2D eigenvalue weighted by atomic mass is 16.5.